The molecule has 3 heterocycles. The predicted octanol–water partition coefficient (Wildman–Crippen LogP) is 7.32. The van der Waals surface area contributed by atoms with Crippen LogP contribution in [0.3, 0.4) is 0 Å². The molecule has 1 amide bonds. The van der Waals surface area contributed by atoms with E-state index in [9.17, 15) is 9.90 Å². The smallest absolute Gasteiger partial charge is 0.274 e. The highest BCUT2D eigenvalue weighted by molar-refractivity contribution is 6.86. The van der Waals surface area contributed by atoms with E-state index in [-0.39, 0.29) is 28.2 Å². The van der Waals surface area contributed by atoms with Gasteiger partial charge in [0.05, 0.1) is 0 Å². The number of nitrogens with zero attached hydrogens (tertiary/aromatic N) is 2. The lowest BCUT2D eigenvalue weighted by Gasteiger charge is -2.54. The molecule has 1 unspecified atom stereocenters. The lowest BCUT2D eigenvalue weighted by molar-refractivity contribution is 0.102. The molecule has 0 saturated heterocycles. The van der Waals surface area contributed by atoms with Crippen LogP contribution in [0.15, 0.2) is 67.1 Å². The van der Waals surface area contributed by atoms with Gasteiger partial charge in [0.2, 0.25) is 0 Å². The molecule has 0 aliphatic rings. The lowest BCUT2D eigenvalue weighted by atomic mass is 10.0. The Labute approximate surface area is 224 Å². The fraction of sp³-hybridized carbons (Fsp3) is 0.345. The van der Waals surface area contributed by atoms with E-state index in [2.05, 4.69) is 61.8 Å². The standard InChI is InChI=1S/C29H35ClN4O2Si/c1-18(2)37(19(3)4,20(5)6)29(36,25-17-33-27-24(25)8-7-15-31-27)21-9-14-26(32-16-21)28(35)34-23-12-10-22(30)11-13-23/h7-20,36H,1-6H3,(H,31,33)(H,34,35). The summed E-state index contributed by atoms with van der Waals surface area (Å²) in [6.07, 6.45) is 5.31. The SMILES string of the molecule is CC(C)[Si](C(C)C)(C(C)C)C(O)(c1ccc(C(=O)Nc2ccc(Cl)cc2)nc1)c1c[nH]c2ncccc12. The predicted molar refractivity (Wildman–Crippen MR) is 154 cm³/mol. The number of hydrogen-bond acceptors (Lipinski definition) is 4. The number of amides is 1. The van der Waals surface area contributed by atoms with Crippen LogP contribution in [0.1, 0.15) is 63.2 Å². The zero-order chi connectivity index (χ0) is 27.0. The van der Waals surface area contributed by atoms with Crippen LogP contribution in [-0.4, -0.2) is 34.0 Å². The zero-order valence-electron chi connectivity index (χ0n) is 22.2. The van der Waals surface area contributed by atoms with Gasteiger partial charge >= 0.3 is 0 Å². The van der Waals surface area contributed by atoms with Crippen molar-refractivity contribution in [1.29, 1.82) is 0 Å². The molecular formula is C29H35ClN4O2Si. The minimum absolute atomic E-state index is 0.256. The van der Waals surface area contributed by atoms with Gasteiger partial charge in [-0.3, -0.25) is 9.78 Å². The van der Waals surface area contributed by atoms with Crippen LogP contribution in [-0.2, 0) is 5.22 Å². The molecule has 0 bridgehead atoms. The molecule has 3 N–H and O–H groups in total. The van der Waals surface area contributed by atoms with E-state index in [0.29, 0.717) is 16.3 Å². The molecule has 4 rings (SSSR count). The second-order valence-corrected chi connectivity index (χ2v) is 17.1. The maximum absolute atomic E-state index is 13.1. The van der Waals surface area contributed by atoms with E-state index in [1.807, 2.05) is 24.4 Å². The molecular weight excluding hydrogens is 500 g/mol. The average molecular weight is 535 g/mol. The van der Waals surface area contributed by atoms with Crippen LogP contribution >= 0.6 is 11.6 Å². The number of aromatic amines is 1. The third-order valence-corrected chi connectivity index (χ3v) is 15.6. The molecule has 0 aliphatic heterocycles. The number of fused-ring (bicyclic) bond motifs is 1. The summed E-state index contributed by atoms with van der Waals surface area (Å²) in [6.45, 7) is 13.4. The first-order valence-electron chi connectivity index (χ1n) is 12.7. The Morgan fingerprint density at radius 3 is 2.19 bits per heavy atom. The van der Waals surface area contributed by atoms with Crippen LogP contribution in [0.2, 0.25) is 21.6 Å². The number of benzene rings is 1. The minimum atomic E-state index is -2.60. The summed E-state index contributed by atoms with van der Waals surface area (Å²) in [5.41, 5.74) is 3.93. The minimum Gasteiger partial charge on any atom is -0.384 e. The average Bonchev–Trinajstić information content (AvgIpc) is 3.30. The number of hydrogen-bond donors (Lipinski definition) is 3. The van der Waals surface area contributed by atoms with Gasteiger partial charge in [0, 0.05) is 45.8 Å². The van der Waals surface area contributed by atoms with Crippen LogP contribution in [0.5, 0.6) is 0 Å². The Bertz CT molecular complexity index is 1360. The van der Waals surface area contributed by atoms with E-state index in [1.54, 1.807) is 42.7 Å². The number of nitrogens with one attached hydrogen (secondary N) is 2. The number of rotatable bonds is 8. The number of carbonyl (C=O) groups excluding carboxylic acids is 1. The molecule has 3 aromatic heterocycles. The third kappa shape index (κ3) is 4.49. The Hall–Kier alpha value is -3.00. The molecule has 4 aromatic rings. The van der Waals surface area contributed by atoms with E-state index in [0.717, 1.165) is 16.6 Å². The summed E-state index contributed by atoms with van der Waals surface area (Å²) in [5, 5.41) is 16.2. The van der Waals surface area contributed by atoms with Crippen molar-refractivity contribution in [1.82, 2.24) is 15.0 Å². The highest BCUT2D eigenvalue weighted by Gasteiger charge is 2.60. The van der Waals surface area contributed by atoms with E-state index in [4.69, 9.17) is 11.6 Å². The Kier molecular flexibility index (Phi) is 7.60. The second-order valence-electron chi connectivity index (χ2n) is 10.6. The van der Waals surface area contributed by atoms with Gasteiger partial charge in [0.1, 0.15) is 24.6 Å². The number of H-pyrrole nitrogens is 1. The van der Waals surface area contributed by atoms with Crippen LogP contribution in [0.4, 0.5) is 5.69 Å². The largest absolute Gasteiger partial charge is 0.384 e. The number of aliphatic hydroxyl groups is 1. The lowest BCUT2D eigenvalue weighted by Crippen LogP contribution is -2.63. The topological polar surface area (TPSA) is 90.9 Å². The van der Waals surface area contributed by atoms with Gasteiger partial charge in [0.15, 0.2) is 0 Å². The van der Waals surface area contributed by atoms with E-state index < -0.39 is 13.3 Å². The van der Waals surface area contributed by atoms with Crippen molar-refractivity contribution >= 4 is 42.3 Å². The molecule has 0 spiro atoms. The van der Waals surface area contributed by atoms with Crippen molar-refractivity contribution in [3.8, 4) is 0 Å². The number of anilines is 1. The van der Waals surface area contributed by atoms with Crippen molar-refractivity contribution < 1.29 is 9.90 Å². The van der Waals surface area contributed by atoms with Crippen LogP contribution in [0, 0.1) is 0 Å². The first kappa shape index (κ1) is 27.0. The molecule has 0 fully saturated rings. The molecule has 37 heavy (non-hydrogen) atoms. The van der Waals surface area contributed by atoms with Gasteiger partial charge in [0.25, 0.3) is 5.91 Å². The molecule has 0 saturated carbocycles. The monoisotopic (exact) mass is 534 g/mol. The molecule has 8 heteroatoms. The molecule has 6 nitrogen and oxygen atoms in total. The maximum atomic E-state index is 13.1. The molecule has 0 radical (unpaired) electrons. The van der Waals surface area contributed by atoms with Crippen molar-refractivity contribution in [2.24, 2.45) is 0 Å². The number of aromatic nitrogens is 3. The number of halogens is 1. The summed E-state index contributed by atoms with van der Waals surface area (Å²) in [6, 6.07) is 14.4. The number of carbonyl (C=O) groups is 1. The highest BCUT2D eigenvalue weighted by atomic mass is 35.5. The number of pyridine rings is 2. The van der Waals surface area contributed by atoms with Crippen molar-refractivity contribution in [3.63, 3.8) is 0 Å². The van der Waals surface area contributed by atoms with Crippen LogP contribution in [0.25, 0.3) is 11.0 Å². The Morgan fingerprint density at radius 1 is 0.973 bits per heavy atom. The molecule has 1 atom stereocenters. The van der Waals surface area contributed by atoms with E-state index >= 15 is 0 Å². The van der Waals surface area contributed by atoms with Gasteiger partial charge < -0.3 is 15.4 Å². The molecule has 1 aromatic carbocycles. The first-order chi connectivity index (χ1) is 17.5. The quantitative estimate of drug-likeness (QED) is 0.206. The van der Waals surface area contributed by atoms with Gasteiger partial charge in [-0.2, -0.15) is 0 Å². The van der Waals surface area contributed by atoms with Crippen molar-refractivity contribution in [3.05, 3.63) is 89.0 Å². The van der Waals surface area contributed by atoms with Crippen LogP contribution < -0.4 is 5.32 Å². The Balaban J connectivity index is 1.86. The normalized spacial score (nSPS) is 13.9. The van der Waals surface area contributed by atoms with Gasteiger partial charge in [-0.05, 0) is 59.1 Å². The Morgan fingerprint density at radius 2 is 1.62 bits per heavy atom. The summed E-state index contributed by atoms with van der Waals surface area (Å²) in [4.78, 5) is 25.2. The van der Waals surface area contributed by atoms with Gasteiger partial charge in [-0.25, -0.2) is 4.98 Å². The highest BCUT2D eigenvalue weighted by Crippen LogP contribution is 2.56. The zero-order valence-corrected chi connectivity index (χ0v) is 24.0. The molecule has 0 aliphatic carbocycles. The maximum Gasteiger partial charge on any atom is 0.274 e. The fourth-order valence-electron chi connectivity index (χ4n) is 6.62. The summed E-state index contributed by atoms with van der Waals surface area (Å²) < 4.78 is 0. The molecule has 194 valence electrons. The van der Waals surface area contributed by atoms with Crippen molar-refractivity contribution in [2.75, 3.05) is 5.32 Å². The summed E-state index contributed by atoms with van der Waals surface area (Å²) in [5.74, 6) is -0.325. The van der Waals surface area contributed by atoms with Gasteiger partial charge in [-0.1, -0.05) is 59.2 Å². The summed E-state index contributed by atoms with van der Waals surface area (Å²) in [7, 11) is -2.60. The van der Waals surface area contributed by atoms with Gasteiger partial charge in [-0.15, -0.1) is 0 Å². The van der Waals surface area contributed by atoms with Crippen molar-refractivity contribution in [2.45, 2.75) is 63.4 Å². The first-order valence-corrected chi connectivity index (χ1v) is 15.3. The fourth-order valence-corrected chi connectivity index (χ4v) is 14.6. The second kappa shape index (κ2) is 10.4. The summed E-state index contributed by atoms with van der Waals surface area (Å²) >= 11 is 5.96. The van der Waals surface area contributed by atoms with E-state index in [1.165, 1.54) is 0 Å². The third-order valence-electron chi connectivity index (χ3n) is 7.85.